The van der Waals surface area contributed by atoms with Gasteiger partial charge < -0.3 is 14.9 Å². The summed E-state index contributed by atoms with van der Waals surface area (Å²) in [5, 5.41) is 18.6. The van der Waals surface area contributed by atoms with Crippen LogP contribution in [0.25, 0.3) is 0 Å². The van der Waals surface area contributed by atoms with Crippen molar-refractivity contribution in [1.29, 1.82) is 0 Å². The molecule has 2 aliphatic carbocycles. The molecule has 13 heteroatoms. The highest BCUT2D eigenvalue weighted by molar-refractivity contribution is 6.58. The first-order valence-electron chi connectivity index (χ1n) is 14.1. The largest absolute Gasteiger partial charge is 0.491 e. The number of anilines is 1. The minimum absolute atomic E-state index is 0.0567. The molecular weight excluding hydrogens is 618 g/mol. The predicted molar refractivity (Wildman–Crippen MR) is 155 cm³/mol. The monoisotopic (exact) mass is 644 g/mol. The molecule has 44 heavy (non-hydrogen) atoms. The Morgan fingerprint density at radius 2 is 1.70 bits per heavy atom. The second kappa shape index (κ2) is 11.0. The molecule has 2 N–H and O–H groups in total. The molecule has 0 bridgehead atoms. The summed E-state index contributed by atoms with van der Waals surface area (Å²) in [6, 6.07) is 11.4. The molecule has 3 fully saturated rings. The molecule has 10 nitrogen and oxygen atoms in total. The molecule has 0 radical (unpaired) electrons. The first kappa shape index (κ1) is 30.2. The molecule has 2 heterocycles. The highest BCUT2D eigenvalue weighted by Crippen LogP contribution is 2.66. The molecule has 2 saturated heterocycles. The number of carbonyl (C=O) groups is 5. The van der Waals surface area contributed by atoms with Crippen molar-refractivity contribution in [2.45, 2.75) is 34.9 Å². The van der Waals surface area contributed by atoms with Gasteiger partial charge in [-0.3, -0.25) is 28.9 Å². The molecule has 4 aliphatic rings. The van der Waals surface area contributed by atoms with Crippen LogP contribution in [0, 0.1) is 23.6 Å². The minimum atomic E-state index is -2.14. The van der Waals surface area contributed by atoms with E-state index in [0.717, 1.165) is 21.9 Å². The third kappa shape index (κ3) is 4.28. The number of hydrogen-bond donors (Lipinski definition) is 2. The van der Waals surface area contributed by atoms with Crippen LogP contribution in [0.4, 0.5) is 10.1 Å². The van der Waals surface area contributed by atoms with E-state index in [1.54, 1.807) is 30.3 Å². The zero-order valence-corrected chi connectivity index (χ0v) is 24.6. The van der Waals surface area contributed by atoms with E-state index in [9.17, 15) is 38.6 Å². The lowest BCUT2D eigenvalue weighted by Gasteiger charge is -2.51. The fraction of sp³-hybridized carbons (Fsp3) is 0.387. The molecule has 6 rings (SSSR count). The summed E-state index contributed by atoms with van der Waals surface area (Å²) in [5.41, 5.74) is 0.971. The average Bonchev–Trinajstić information content (AvgIpc) is 3.33. The van der Waals surface area contributed by atoms with Crippen LogP contribution in [-0.2, 0) is 24.0 Å². The van der Waals surface area contributed by atoms with Gasteiger partial charge in [0, 0.05) is 18.0 Å². The van der Waals surface area contributed by atoms with Crippen LogP contribution in [0.15, 0.2) is 60.2 Å². The summed E-state index contributed by atoms with van der Waals surface area (Å²) < 4.78 is 19.6. The van der Waals surface area contributed by atoms with E-state index in [-0.39, 0.29) is 44.0 Å². The lowest BCUT2D eigenvalue weighted by molar-refractivity contribution is -0.142. The van der Waals surface area contributed by atoms with Crippen molar-refractivity contribution in [2.24, 2.45) is 17.8 Å². The Hall–Kier alpha value is -3.80. The van der Waals surface area contributed by atoms with Crippen molar-refractivity contribution in [3.05, 3.63) is 71.6 Å². The smallest absolute Gasteiger partial charge is 0.305 e. The van der Waals surface area contributed by atoms with Crippen LogP contribution >= 0.6 is 23.2 Å². The zero-order chi connectivity index (χ0) is 31.6. The predicted octanol–water partition coefficient (Wildman–Crippen LogP) is 3.23. The number of aliphatic carboxylic acids is 1. The third-order valence-electron chi connectivity index (χ3n) is 9.12. The topological polar surface area (TPSA) is 142 Å². The minimum Gasteiger partial charge on any atom is -0.491 e. The Morgan fingerprint density at radius 1 is 1.00 bits per heavy atom. The maximum Gasteiger partial charge on any atom is 0.305 e. The van der Waals surface area contributed by atoms with Crippen molar-refractivity contribution >= 4 is 58.5 Å². The molecule has 0 aromatic heterocycles. The van der Waals surface area contributed by atoms with Gasteiger partial charge in [0.1, 0.15) is 18.2 Å². The van der Waals surface area contributed by atoms with Gasteiger partial charge in [-0.25, -0.2) is 9.29 Å². The van der Waals surface area contributed by atoms with Crippen LogP contribution in [0.3, 0.4) is 0 Å². The van der Waals surface area contributed by atoms with E-state index in [4.69, 9.17) is 27.9 Å². The number of amides is 4. The van der Waals surface area contributed by atoms with Gasteiger partial charge in [-0.1, -0.05) is 29.8 Å². The lowest BCUT2D eigenvalue weighted by atomic mass is 9.56. The average molecular weight is 645 g/mol. The van der Waals surface area contributed by atoms with Gasteiger partial charge in [0.05, 0.1) is 30.6 Å². The second-order valence-corrected chi connectivity index (χ2v) is 12.6. The van der Waals surface area contributed by atoms with Gasteiger partial charge >= 0.3 is 5.97 Å². The number of allylic oxidation sites excluding steroid dienone is 2. The number of para-hydroxylation sites is 1. The van der Waals surface area contributed by atoms with Gasteiger partial charge in [0.15, 0.2) is 9.75 Å². The van der Waals surface area contributed by atoms with E-state index >= 15 is 0 Å². The molecule has 6 unspecified atom stereocenters. The Morgan fingerprint density at radius 3 is 2.39 bits per heavy atom. The standard InChI is InChI=1S/C31H27Cl2FN2O8/c32-30-15-21-18(9-10-20-24(21)27(41)35(26(20)40)12-11-23(38)39)25(19-3-1-2-4-22(19)44-14-13-37)31(30,33)29(43)36(28(30)42)17-7-5-16(34)6-8-17/h1-9,20-21,24-25,37H,10-15H2,(H,38,39). The number of carboxylic acids is 1. The van der Waals surface area contributed by atoms with Crippen molar-refractivity contribution in [1.82, 2.24) is 4.90 Å². The van der Waals surface area contributed by atoms with Crippen LogP contribution in [0.5, 0.6) is 5.75 Å². The third-order valence-corrected chi connectivity index (χ3v) is 10.5. The number of halogens is 3. The molecule has 6 atom stereocenters. The summed E-state index contributed by atoms with van der Waals surface area (Å²) >= 11 is 14.6. The molecule has 2 aliphatic heterocycles. The highest BCUT2D eigenvalue weighted by Gasteiger charge is 2.76. The number of nitrogens with zero attached hydrogens (tertiary/aromatic N) is 2. The van der Waals surface area contributed by atoms with Crippen LogP contribution < -0.4 is 9.64 Å². The van der Waals surface area contributed by atoms with E-state index in [0.29, 0.717) is 11.1 Å². The van der Waals surface area contributed by atoms with Crippen molar-refractivity contribution in [2.75, 3.05) is 24.7 Å². The van der Waals surface area contributed by atoms with Crippen molar-refractivity contribution in [3.63, 3.8) is 0 Å². The number of benzene rings is 2. The maximum atomic E-state index is 14.4. The lowest BCUT2D eigenvalue weighted by Crippen LogP contribution is -2.60. The molecule has 230 valence electrons. The summed E-state index contributed by atoms with van der Waals surface area (Å²) in [5.74, 6) is -7.97. The second-order valence-electron chi connectivity index (χ2n) is 11.3. The molecular formula is C31H27Cl2FN2O8. The van der Waals surface area contributed by atoms with Crippen molar-refractivity contribution in [3.8, 4) is 5.75 Å². The highest BCUT2D eigenvalue weighted by atomic mass is 35.5. The van der Waals surface area contributed by atoms with Crippen LogP contribution in [0.1, 0.15) is 30.7 Å². The first-order chi connectivity index (χ1) is 21.0. The fourth-order valence-electron chi connectivity index (χ4n) is 7.24. The maximum absolute atomic E-state index is 14.4. The summed E-state index contributed by atoms with van der Waals surface area (Å²) in [7, 11) is 0. The van der Waals surface area contributed by atoms with Gasteiger partial charge in [-0.2, -0.15) is 0 Å². The van der Waals surface area contributed by atoms with Gasteiger partial charge in [0.2, 0.25) is 11.8 Å². The van der Waals surface area contributed by atoms with E-state index in [1.165, 1.54) is 12.1 Å². The van der Waals surface area contributed by atoms with E-state index < -0.39 is 75.3 Å². The number of fused-ring (bicyclic) bond motifs is 4. The zero-order valence-electron chi connectivity index (χ0n) is 23.1. The van der Waals surface area contributed by atoms with Gasteiger partial charge in [-0.15, -0.1) is 23.2 Å². The van der Waals surface area contributed by atoms with Crippen LogP contribution in [-0.4, -0.2) is 74.2 Å². The number of ether oxygens (including phenoxy) is 1. The first-order valence-corrected chi connectivity index (χ1v) is 14.8. The molecule has 2 aromatic rings. The Labute approximate surface area is 261 Å². The SMILES string of the molecule is O=C(O)CCN1C(=O)C2CC=C3C(CC4(Cl)C(=O)N(c5ccc(F)cc5)C(=O)C4(Cl)C3c3ccccc3OCCO)C2C1=O. The fourth-order valence-corrected chi connectivity index (χ4v) is 8.17. The summed E-state index contributed by atoms with van der Waals surface area (Å²) in [6.45, 7) is -0.694. The normalized spacial score (nSPS) is 31.0. The Kier molecular flexibility index (Phi) is 7.54. The molecule has 0 spiro atoms. The number of rotatable bonds is 8. The summed E-state index contributed by atoms with van der Waals surface area (Å²) in [6.07, 6.45) is 1.18. The number of hydrogen-bond acceptors (Lipinski definition) is 7. The van der Waals surface area contributed by atoms with E-state index in [2.05, 4.69) is 0 Å². The number of likely N-dealkylation sites (tertiary alicyclic amines) is 1. The Balaban J connectivity index is 1.52. The number of aliphatic hydroxyl groups excluding tert-OH is 1. The number of carboxylic acid groups (broad SMARTS) is 1. The van der Waals surface area contributed by atoms with Crippen molar-refractivity contribution < 1.29 is 43.3 Å². The summed E-state index contributed by atoms with van der Waals surface area (Å²) in [4.78, 5) is 64.5. The quantitative estimate of drug-likeness (QED) is 0.253. The van der Waals surface area contributed by atoms with E-state index in [1.807, 2.05) is 0 Å². The molecule has 4 amide bonds. The number of imide groups is 2. The molecule has 1 saturated carbocycles. The van der Waals surface area contributed by atoms with Crippen LogP contribution in [0.2, 0.25) is 0 Å². The number of carbonyl (C=O) groups excluding carboxylic acids is 4. The number of aliphatic hydroxyl groups is 1. The van der Waals surface area contributed by atoms with Gasteiger partial charge in [0.25, 0.3) is 11.8 Å². The number of alkyl halides is 2. The van der Waals surface area contributed by atoms with Gasteiger partial charge in [-0.05, 0) is 49.1 Å². The molecule has 2 aromatic carbocycles. The Bertz CT molecular complexity index is 1620.